The first-order valence-electron chi connectivity index (χ1n) is 9.18. The number of aliphatic imine (C=N–C) groups is 1. The van der Waals surface area contributed by atoms with Crippen LogP contribution in [-0.2, 0) is 26.4 Å². The molecule has 2 aromatic heterocycles. The van der Waals surface area contributed by atoms with Crippen molar-refractivity contribution >= 4 is 29.9 Å². The highest BCUT2D eigenvalue weighted by atomic mass is 127. The van der Waals surface area contributed by atoms with Crippen LogP contribution in [0.2, 0.25) is 0 Å². The van der Waals surface area contributed by atoms with Crippen molar-refractivity contribution in [2.45, 2.75) is 40.2 Å². The molecule has 2 heterocycles. The van der Waals surface area contributed by atoms with Crippen molar-refractivity contribution < 1.29 is 9.15 Å². The Balaban J connectivity index is 0.00000364. The van der Waals surface area contributed by atoms with Crippen molar-refractivity contribution in [2.24, 2.45) is 18.0 Å². The van der Waals surface area contributed by atoms with E-state index in [0.29, 0.717) is 12.5 Å². The number of nitrogens with zero attached hydrogens (tertiary/aromatic N) is 3. The second-order valence-corrected chi connectivity index (χ2v) is 6.61. The highest BCUT2D eigenvalue weighted by Crippen LogP contribution is 2.22. The fourth-order valence-electron chi connectivity index (χ4n) is 2.70. The summed E-state index contributed by atoms with van der Waals surface area (Å²) in [5, 5.41) is 11.3. The van der Waals surface area contributed by atoms with Gasteiger partial charge in [-0.2, -0.15) is 5.10 Å². The van der Waals surface area contributed by atoms with E-state index < -0.39 is 0 Å². The molecule has 0 bridgehead atoms. The maximum Gasteiger partial charge on any atom is 0.216 e. The summed E-state index contributed by atoms with van der Waals surface area (Å²) in [5.41, 5.74) is 2.06. The fraction of sp³-hybridized carbons (Fsp3) is 0.579. The normalized spacial score (nSPS) is 11.4. The lowest BCUT2D eigenvalue weighted by molar-refractivity contribution is 0.369. The molecule has 2 rings (SSSR count). The molecule has 0 aromatic carbocycles. The number of rotatable bonds is 9. The average molecular weight is 489 g/mol. The van der Waals surface area contributed by atoms with E-state index in [1.807, 2.05) is 19.2 Å². The topological polar surface area (TPSA) is 76.6 Å². The van der Waals surface area contributed by atoms with Crippen LogP contribution in [0.4, 0.5) is 0 Å². The third-order valence-electron chi connectivity index (χ3n) is 4.02. The molecule has 0 spiro atoms. The Morgan fingerprint density at radius 2 is 2.15 bits per heavy atom. The van der Waals surface area contributed by atoms with E-state index in [0.717, 1.165) is 54.8 Å². The van der Waals surface area contributed by atoms with Crippen molar-refractivity contribution in [3.05, 3.63) is 35.4 Å². The molecule has 7 nitrogen and oxygen atoms in total. The highest BCUT2D eigenvalue weighted by Gasteiger charge is 2.15. The Bertz CT molecular complexity index is 695. The predicted octanol–water partition coefficient (Wildman–Crippen LogP) is 3.14. The number of methoxy groups -OCH3 is 1. The lowest BCUT2D eigenvalue weighted by atomic mass is 10.2. The minimum absolute atomic E-state index is 0. The Kier molecular flexibility index (Phi) is 10.3. The van der Waals surface area contributed by atoms with Gasteiger partial charge in [0.1, 0.15) is 5.76 Å². The van der Waals surface area contributed by atoms with Gasteiger partial charge in [-0.05, 0) is 24.5 Å². The molecular formula is C19H32IN5O2. The Hall–Kier alpha value is -1.71. The van der Waals surface area contributed by atoms with Gasteiger partial charge in [-0.15, -0.1) is 24.0 Å². The van der Waals surface area contributed by atoms with Crippen molar-refractivity contribution in [1.82, 2.24) is 20.4 Å². The van der Waals surface area contributed by atoms with Crippen LogP contribution in [-0.4, -0.2) is 35.9 Å². The summed E-state index contributed by atoms with van der Waals surface area (Å²) in [4.78, 5) is 4.75. The summed E-state index contributed by atoms with van der Waals surface area (Å²) in [6.45, 7) is 8.57. The standard InChI is InChI=1S/C19H31N5O2.HI/c1-6-17-16(18(25-5)24(4)23-17)13-22-19(21-12-14(2)3)20-10-9-15-8-7-11-26-15;/h7-8,11,14H,6,9-10,12-13H2,1-5H3,(H2,20,21,22);1H. The van der Waals surface area contributed by atoms with Crippen LogP contribution in [0.5, 0.6) is 5.88 Å². The molecular weight excluding hydrogens is 457 g/mol. The van der Waals surface area contributed by atoms with E-state index in [1.54, 1.807) is 18.1 Å². The minimum atomic E-state index is 0. The largest absolute Gasteiger partial charge is 0.481 e. The van der Waals surface area contributed by atoms with E-state index >= 15 is 0 Å². The molecule has 0 atom stereocenters. The third kappa shape index (κ3) is 7.08. The van der Waals surface area contributed by atoms with Gasteiger partial charge in [0.2, 0.25) is 5.88 Å². The molecule has 2 aromatic rings. The van der Waals surface area contributed by atoms with Crippen LogP contribution < -0.4 is 15.4 Å². The van der Waals surface area contributed by atoms with Gasteiger partial charge in [0.05, 0.1) is 31.2 Å². The number of nitrogens with one attached hydrogen (secondary N) is 2. The van der Waals surface area contributed by atoms with Gasteiger partial charge in [0.15, 0.2) is 5.96 Å². The smallest absolute Gasteiger partial charge is 0.216 e. The molecule has 0 aliphatic carbocycles. The number of ether oxygens (including phenoxy) is 1. The molecule has 2 N–H and O–H groups in total. The quantitative estimate of drug-likeness (QED) is 0.322. The zero-order valence-corrected chi connectivity index (χ0v) is 19.2. The number of aryl methyl sites for hydroxylation is 2. The average Bonchev–Trinajstić information content (AvgIpc) is 3.23. The van der Waals surface area contributed by atoms with Crippen LogP contribution >= 0.6 is 24.0 Å². The Labute approximate surface area is 179 Å². The van der Waals surface area contributed by atoms with Gasteiger partial charge in [-0.3, -0.25) is 0 Å². The van der Waals surface area contributed by atoms with Crippen LogP contribution in [0, 0.1) is 5.92 Å². The minimum Gasteiger partial charge on any atom is -0.481 e. The maximum atomic E-state index is 5.50. The number of aromatic nitrogens is 2. The van der Waals surface area contributed by atoms with Gasteiger partial charge in [-0.1, -0.05) is 20.8 Å². The van der Waals surface area contributed by atoms with Gasteiger partial charge in [-0.25, -0.2) is 9.67 Å². The first kappa shape index (κ1) is 23.3. The van der Waals surface area contributed by atoms with Gasteiger partial charge in [0, 0.05) is 26.6 Å². The van der Waals surface area contributed by atoms with Crippen LogP contribution in [0.1, 0.15) is 37.8 Å². The Morgan fingerprint density at radius 1 is 1.37 bits per heavy atom. The van der Waals surface area contributed by atoms with Gasteiger partial charge >= 0.3 is 0 Å². The lowest BCUT2D eigenvalue weighted by Gasteiger charge is -2.14. The lowest BCUT2D eigenvalue weighted by Crippen LogP contribution is -2.40. The SMILES string of the molecule is CCc1nn(C)c(OC)c1CN=C(NCCc1ccco1)NCC(C)C.I. The zero-order chi connectivity index (χ0) is 18.9. The van der Waals surface area contributed by atoms with E-state index in [9.17, 15) is 0 Å². The van der Waals surface area contributed by atoms with Crippen LogP contribution in [0.3, 0.4) is 0 Å². The highest BCUT2D eigenvalue weighted by molar-refractivity contribution is 14.0. The number of furan rings is 1. The zero-order valence-electron chi connectivity index (χ0n) is 16.9. The summed E-state index contributed by atoms with van der Waals surface area (Å²) >= 11 is 0. The second-order valence-electron chi connectivity index (χ2n) is 6.61. The number of halogens is 1. The van der Waals surface area contributed by atoms with E-state index in [-0.39, 0.29) is 24.0 Å². The number of hydrogen-bond acceptors (Lipinski definition) is 4. The molecule has 0 saturated heterocycles. The number of guanidine groups is 1. The van der Waals surface area contributed by atoms with Crippen LogP contribution in [0.15, 0.2) is 27.8 Å². The third-order valence-corrected chi connectivity index (χ3v) is 4.02. The van der Waals surface area contributed by atoms with Gasteiger partial charge in [0.25, 0.3) is 0 Å². The summed E-state index contributed by atoms with van der Waals surface area (Å²) in [6, 6.07) is 3.89. The van der Waals surface area contributed by atoms with Crippen molar-refractivity contribution in [3.8, 4) is 5.88 Å². The van der Waals surface area contributed by atoms with E-state index in [1.165, 1.54) is 0 Å². The molecule has 27 heavy (non-hydrogen) atoms. The fourth-order valence-corrected chi connectivity index (χ4v) is 2.70. The second kappa shape index (κ2) is 11.9. The molecule has 0 radical (unpaired) electrons. The molecule has 0 aliphatic heterocycles. The van der Waals surface area contributed by atoms with Crippen LogP contribution in [0.25, 0.3) is 0 Å². The first-order chi connectivity index (χ1) is 12.5. The molecule has 0 unspecified atom stereocenters. The monoisotopic (exact) mass is 489 g/mol. The van der Waals surface area contributed by atoms with E-state index in [2.05, 4.69) is 36.5 Å². The van der Waals surface area contributed by atoms with Crippen molar-refractivity contribution in [1.29, 1.82) is 0 Å². The van der Waals surface area contributed by atoms with Gasteiger partial charge < -0.3 is 19.8 Å². The molecule has 0 aliphatic rings. The summed E-state index contributed by atoms with van der Waals surface area (Å²) in [6.07, 6.45) is 3.36. The summed E-state index contributed by atoms with van der Waals surface area (Å²) in [7, 11) is 3.56. The maximum absolute atomic E-state index is 5.50. The molecule has 0 saturated carbocycles. The first-order valence-corrected chi connectivity index (χ1v) is 9.18. The molecule has 0 fully saturated rings. The predicted molar refractivity (Wildman–Crippen MR) is 119 cm³/mol. The Morgan fingerprint density at radius 3 is 2.74 bits per heavy atom. The summed E-state index contributed by atoms with van der Waals surface area (Å²) in [5.74, 6) is 3.05. The molecule has 8 heteroatoms. The van der Waals surface area contributed by atoms with Crippen molar-refractivity contribution in [2.75, 3.05) is 20.2 Å². The van der Waals surface area contributed by atoms with Crippen molar-refractivity contribution in [3.63, 3.8) is 0 Å². The van der Waals surface area contributed by atoms with E-state index in [4.69, 9.17) is 14.1 Å². The molecule has 152 valence electrons. The molecule has 0 amide bonds. The summed E-state index contributed by atoms with van der Waals surface area (Å²) < 4.78 is 12.6. The number of hydrogen-bond donors (Lipinski definition) is 2.